The molecule has 0 bridgehead atoms. The third-order valence-electron chi connectivity index (χ3n) is 4.99. The number of anilines is 2. The molecule has 3 rings (SSSR count). The molecule has 2 heterocycles. The van der Waals surface area contributed by atoms with Crippen LogP contribution in [-0.4, -0.2) is 32.1 Å². The molecule has 8 heteroatoms. The molecular formula is C19H25N3O3S2. The number of nitrogens with one attached hydrogen (secondary N) is 1. The zero-order valence-electron chi connectivity index (χ0n) is 16.1. The molecule has 1 aromatic heterocycles. The molecule has 27 heavy (non-hydrogen) atoms. The van der Waals surface area contributed by atoms with Crippen LogP contribution in [0.15, 0.2) is 18.2 Å². The summed E-state index contributed by atoms with van der Waals surface area (Å²) in [6.45, 7) is 6.48. The lowest BCUT2D eigenvalue weighted by Gasteiger charge is -2.16. The lowest BCUT2D eigenvalue weighted by molar-refractivity contribution is -0.120. The van der Waals surface area contributed by atoms with Gasteiger partial charge in [0.2, 0.25) is 15.9 Å². The van der Waals surface area contributed by atoms with Gasteiger partial charge in [-0.15, -0.1) is 11.3 Å². The average Bonchev–Trinajstić information content (AvgIpc) is 3.18. The van der Waals surface area contributed by atoms with Crippen LogP contribution in [0.4, 0.5) is 10.8 Å². The summed E-state index contributed by atoms with van der Waals surface area (Å²) in [6, 6.07) is 5.76. The molecule has 0 unspecified atom stereocenters. The van der Waals surface area contributed by atoms with Crippen molar-refractivity contribution in [2.75, 3.05) is 22.4 Å². The number of carbonyl (C=O) groups is 1. The highest BCUT2D eigenvalue weighted by Gasteiger charge is 2.27. The van der Waals surface area contributed by atoms with Gasteiger partial charge >= 0.3 is 0 Å². The molecular weight excluding hydrogens is 382 g/mol. The molecule has 1 amide bonds. The van der Waals surface area contributed by atoms with Crippen LogP contribution in [0.1, 0.15) is 37.1 Å². The summed E-state index contributed by atoms with van der Waals surface area (Å²) in [5, 5.41) is 3.54. The number of rotatable bonds is 6. The smallest absolute Gasteiger partial charge is 0.232 e. The Morgan fingerprint density at radius 1 is 1.33 bits per heavy atom. The highest BCUT2D eigenvalue weighted by molar-refractivity contribution is 7.92. The fraction of sp³-hybridized carbons (Fsp3) is 0.474. The molecule has 1 N–H and O–H groups in total. The van der Waals surface area contributed by atoms with Gasteiger partial charge in [-0.1, -0.05) is 19.9 Å². The zero-order chi connectivity index (χ0) is 19.8. The lowest BCUT2D eigenvalue weighted by Crippen LogP contribution is -2.27. The first-order valence-electron chi connectivity index (χ1n) is 9.13. The molecule has 1 aromatic carbocycles. The van der Waals surface area contributed by atoms with Crippen molar-refractivity contribution in [1.29, 1.82) is 0 Å². The standard InChI is InChI=1S/C19H25N3O3S2/c1-5-13(6-2)18(23)21-19-20-17(12(3)26-19)15-7-8-16-14(11-15)9-10-22(16)27(4,24)25/h7-8,11,13H,5-6,9-10H2,1-4H3,(H,20,21,23). The fourth-order valence-electron chi connectivity index (χ4n) is 3.45. The quantitative estimate of drug-likeness (QED) is 0.790. The van der Waals surface area contributed by atoms with E-state index in [0.717, 1.165) is 40.2 Å². The number of thiazole rings is 1. The van der Waals surface area contributed by atoms with Gasteiger partial charge in [0.25, 0.3) is 0 Å². The van der Waals surface area contributed by atoms with E-state index in [1.54, 1.807) is 0 Å². The summed E-state index contributed by atoms with van der Waals surface area (Å²) < 4.78 is 25.2. The maximum absolute atomic E-state index is 12.3. The Balaban J connectivity index is 1.86. The summed E-state index contributed by atoms with van der Waals surface area (Å²) in [5.41, 5.74) is 3.53. The lowest BCUT2D eigenvalue weighted by atomic mass is 10.0. The number of aromatic nitrogens is 1. The molecule has 1 aliphatic heterocycles. The van der Waals surface area contributed by atoms with E-state index in [4.69, 9.17) is 0 Å². The molecule has 0 spiro atoms. The number of hydrogen-bond acceptors (Lipinski definition) is 5. The number of sulfonamides is 1. The van der Waals surface area contributed by atoms with Crippen LogP contribution in [0.3, 0.4) is 0 Å². The number of benzene rings is 1. The van der Waals surface area contributed by atoms with Crippen molar-refractivity contribution in [3.05, 3.63) is 28.6 Å². The number of fused-ring (bicyclic) bond motifs is 1. The largest absolute Gasteiger partial charge is 0.302 e. The van der Waals surface area contributed by atoms with E-state index >= 15 is 0 Å². The Morgan fingerprint density at radius 2 is 2.04 bits per heavy atom. The van der Waals surface area contributed by atoms with Gasteiger partial charge in [0.1, 0.15) is 0 Å². The van der Waals surface area contributed by atoms with Crippen molar-refractivity contribution < 1.29 is 13.2 Å². The average molecular weight is 408 g/mol. The summed E-state index contributed by atoms with van der Waals surface area (Å²) in [4.78, 5) is 17.9. The normalized spacial score (nSPS) is 13.9. The summed E-state index contributed by atoms with van der Waals surface area (Å²) in [5.74, 6) is 0.0117. The number of carbonyl (C=O) groups excluding carboxylic acids is 1. The van der Waals surface area contributed by atoms with Gasteiger partial charge in [0.15, 0.2) is 5.13 Å². The molecule has 6 nitrogen and oxygen atoms in total. The molecule has 146 valence electrons. The zero-order valence-corrected chi connectivity index (χ0v) is 17.7. The van der Waals surface area contributed by atoms with Crippen molar-refractivity contribution in [1.82, 2.24) is 4.98 Å². The van der Waals surface area contributed by atoms with Crippen molar-refractivity contribution in [3.8, 4) is 11.3 Å². The summed E-state index contributed by atoms with van der Waals surface area (Å²) >= 11 is 1.46. The van der Waals surface area contributed by atoms with Crippen molar-refractivity contribution in [2.45, 2.75) is 40.0 Å². The van der Waals surface area contributed by atoms with E-state index in [1.807, 2.05) is 39.0 Å². The number of nitrogens with zero attached hydrogens (tertiary/aromatic N) is 2. The van der Waals surface area contributed by atoms with E-state index in [1.165, 1.54) is 21.9 Å². The van der Waals surface area contributed by atoms with E-state index in [2.05, 4.69) is 10.3 Å². The molecule has 1 aliphatic rings. The second-order valence-corrected chi connectivity index (χ2v) is 9.97. The maximum Gasteiger partial charge on any atom is 0.232 e. The van der Waals surface area contributed by atoms with Gasteiger partial charge < -0.3 is 5.32 Å². The van der Waals surface area contributed by atoms with Gasteiger partial charge in [-0.2, -0.15) is 0 Å². The SMILES string of the molecule is CCC(CC)C(=O)Nc1nc(-c2ccc3c(c2)CCN3S(C)(=O)=O)c(C)s1. The van der Waals surface area contributed by atoms with E-state index in [-0.39, 0.29) is 11.8 Å². The molecule has 0 aliphatic carbocycles. The van der Waals surface area contributed by atoms with Crippen LogP contribution in [0.2, 0.25) is 0 Å². The van der Waals surface area contributed by atoms with Crippen molar-refractivity contribution in [2.24, 2.45) is 5.92 Å². The summed E-state index contributed by atoms with van der Waals surface area (Å²) in [7, 11) is -3.25. The molecule has 0 saturated carbocycles. The van der Waals surface area contributed by atoms with Gasteiger partial charge in [-0.25, -0.2) is 13.4 Å². The van der Waals surface area contributed by atoms with Crippen molar-refractivity contribution >= 4 is 38.1 Å². The van der Waals surface area contributed by atoms with Gasteiger partial charge in [-0.05, 0) is 43.9 Å². The third-order valence-corrected chi connectivity index (χ3v) is 7.06. The Morgan fingerprint density at radius 3 is 2.67 bits per heavy atom. The topological polar surface area (TPSA) is 79.4 Å². The minimum atomic E-state index is -3.25. The molecule has 0 fully saturated rings. The minimum absolute atomic E-state index is 0.000346. The third kappa shape index (κ3) is 4.01. The van der Waals surface area contributed by atoms with E-state index < -0.39 is 10.0 Å². The van der Waals surface area contributed by atoms with Crippen LogP contribution in [0, 0.1) is 12.8 Å². The Labute approximate surface area is 164 Å². The number of hydrogen-bond donors (Lipinski definition) is 1. The first kappa shape index (κ1) is 19.8. The number of amides is 1. The predicted molar refractivity (Wildman–Crippen MR) is 111 cm³/mol. The van der Waals surface area contributed by atoms with E-state index in [9.17, 15) is 13.2 Å². The van der Waals surface area contributed by atoms with Gasteiger partial charge in [0, 0.05) is 22.9 Å². The molecule has 2 aromatic rings. The molecule has 0 saturated heterocycles. The highest BCUT2D eigenvalue weighted by Crippen LogP contribution is 2.36. The van der Waals surface area contributed by atoms with Gasteiger partial charge in [0.05, 0.1) is 17.6 Å². The van der Waals surface area contributed by atoms with Crippen molar-refractivity contribution in [3.63, 3.8) is 0 Å². The monoisotopic (exact) mass is 407 g/mol. The van der Waals surface area contributed by atoms with Gasteiger partial charge in [-0.3, -0.25) is 9.10 Å². The first-order chi connectivity index (χ1) is 12.7. The van der Waals surface area contributed by atoms with Crippen LogP contribution < -0.4 is 9.62 Å². The Bertz CT molecular complexity index is 963. The van der Waals surface area contributed by atoms with Crippen LogP contribution >= 0.6 is 11.3 Å². The van der Waals surface area contributed by atoms with Crippen LogP contribution in [-0.2, 0) is 21.2 Å². The minimum Gasteiger partial charge on any atom is -0.302 e. The summed E-state index contributed by atoms with van der Waals surface area (Å²) in [6.07, 6.45) is 3.54. The Hall–Kier alpha value is -1.93. The maximum atomic E-state index is 12.3. The highest BCUT2D eigenvalue weighted by atomic mass is 32.2. The first-order valence-corrected chi connectivity index (χ1v) is 11.8. The fourth-order valence-corrected chi connectivity index (χ4v) is 5.25. The Kier molecular flexibility index (Phi) is 5.58. The van der Waals surface area contributed by atoms with Crippen LogP contribution in [0.5, 0.6) is 0 Å². The second kappa shape index (κ2) is 7.59. The van der Waals surface area contributed by atoms with Crippen LogP contribution in [0.25, 0.3) is 11.3 Å². The van der Waals surface area contributed by atoms with E-state index in [0.29, 0.717) is 18.1 Å². The second-order valence-electron chi connectivity index (χ2n) is 6.86. The molecule has 0 radical (unpaired) electrons. The predicted octanol–water partition coefficient (Wildman–Crippen LogP) is 3.82. The number of aryl methyl sites for hydroxylation is 1. The molecule has 0 atom stereocenters.